The number of hydrogen-bond donors (Lipinski definition) is 0. The smallest absolute Gasteiger partial charge is 0.326 e. The van der Waals surface area contributed by atoms with Crippen LogP contribution in [0.4, 0.5) is 10.1 Å². The molecule has 0 radical (unpaired) electrons. The molecular weight excluding hydrogens is 451 g/mol. The Bertz CT molecular complexity index is 1240. The summed E-state index contributed by atoms with van der Waals surface area (Å²) in [6.45, 7) is 7.91. The van der Waals surface area contributed by atoms with E-state index in [0.717, 1.165) is 0 Å². The largest absolute Gasteiger partial charge is 0.492 e. The standard InChI is InChI=1S/C26H27FN4O4/c1-5-34-24(32)16-30(22-10-11-23(18(12-22)13-28)35-17-26(2,3)4)25(33)19-14-29-31(15-19)21-8-6-20(27)7-9-21/h6-12,14-15H,5,16-17H2,1-4H3. The molecule has 9 heteroatoms. The lowest BCUT2D eigenvalue weighted by Crippen LogP contribution is -2.36. The van der Waals surface area contributed by atoms with Crippen molar-refractivity contribution in [2.45, 2.75) is 27.7 Å². The molecule has 0 spiro atoms. The maximum atomic E-state index is 13.4. The van der Waals surface area contributed by atoms with Gasteiger partial charge in [0.15, 0.2) is 0 Å². The highest BCUT2D eigenvalue weighted by Gasteiger charge is 2.24. The quantitative estimate of drug-likeness (QED) is 0.442. The van der Waals surface area contributed by atoms with Crippen LogP contribution in [0, 0.1) is 22.6 Å². The van der Waals surface area contributed by atoms with Gasteiger partial charge in [0.2, 0.25) is 0 Å². The van der Waals surface area contributed by atoms with Crippen molar-refractivity contribution in [3.05, 3.63) is 71.8 Å². The molecule has 0 saturated carbocycles. The molecule has 0 saturated heterocycles. The van der Waals surface area contributed by atoms with Crippen molar-refractivity contribution in [1.82, 2.24) is 9.78 Å². The summed E-state index contributed by atoms with van der Waals surface area (Å²) in [7, 11) is 0. The Kier molecular flexibility index (Phi) is 7.87. The van der Waals surface area contributed by atoms with Crippen molar-refractivity contribution in [3.8, 4) is 17.5 Å². The summed E-state index contributed by atoms with van der Waals surface area (Å²) in [4.78, 5) is 26.9. The Morgan fingerprint density at radius 2 is 1.89 bits per heavy atom. The van der Waals surface area contributed by atoms with Crippen molar-refractivity contribution >= 4 is 17.6 Å². The molecule has 0 bridgehead atoms. The van der Waals surface area contributed by atoms with Crippen LogP contribution >= 0.6 is 0 Å². The normalized spacial score (nSPS) is 11.0. The van der Waals surface area contributed by atoms with Crippen LogP contribution in [-0.2, 0) is 9.53 Å². The molecule has 8 nitrogen and oxygen atoms in total. The predicted octanol–water partition coefficient (Wildman–Crippen LogP) is 4.52. The van der Waals surface area contributed by atoms with Gasteiger partial charge in [-0.3, -0.25) is 14.5 Å². The lowest BCUT2D eigenvalue weighted by atomic mass is 9.98. The Morgan fingerprint density at radius 3 is 2.51 bits per heavy atom. The first kappa shape index (κ1) is 25.4. The van der Waals surface area contributed by atoms with Crippen LogP contribution in [0.25, 0.3) is 5.69 Å². The van der Waals surface area contributed by atoms with Crippen molar-refractivity contribution in [2.75, 3.05) is 24.7 Å². The van der Waals surface area contributed by atoms with Crippen LogP contribution in [0.2, 0.25) is 0 Å². The third-order valence-electron chi connectivity index (χ3n) is 4.81. The van der Waals surface area contributed by atoms with E-state index in [1.165, 1.54) is 52.3 Å². The first-order valence-corrected chi connectivity index (χ1v) is 11.1. The zero-order chi connectivity index (χ0) is 25.6. The molecule has 2 aromatic carbocycles. The second-order valence-corrected chi connectivity index (χ2v) is 8.99. The second kappa shape index (κ2) is 10.8. The highest BCUT2D eigenvalue weighted by atomic mass is 19.1. The summed E-state index contributed by atoms with van der Waals surface area (Å²) < 4.78 is 25.5. The average Bonchev–Trinajstić information content (AvgIpc) is 3.31. The van der Waals surface area contributed by atoms with E-state index in [2.05, 4.69) is 11.2 Å². The van der Waals surface area contributed by atoms with Crippen molar-refractivity contribution in [3.63, 3.8) is 0 Å². The molecule has 1 amide bonds. The lowest BCUT2D eigenvalue weighted by molar-refractivity contribution is -0.141. The molecule has 1 heterocycles. The summed E-state index contributed by atoms with van der Waals surface area (Å²) in [5.41, 5.74) is 1.22. The van der Waals surface area contributed by atoms with Crippen LogP contribution in [0.5, 0.6) is 5.75 Å². The molecule has 0 N–H and O–H groups in total. The number of hydrogen-bond acceptors (Lipinski definition) is 6. The van der Waals surface area contributed by atoms with Gasteiger partial charge in [0, 0.05) is 11.9 Å². The van der Waals surface area contributed by atoms with Gasteiger partial charge in [-0.2, -0.15) is 10.4 Å². The van der Waals surface area contributed by atoms with Gasteiger partial charge in [0.1, 0.15) is 24.2 Å². The number of rotatable bonds is 8. The number of carbonyl (C=O) groups is 2. The maximum absolute atomic E-state index is 13.4. The number of nitriles is 1. The number of esters is 1. The molecule has 1 aromatic heterocycles. The minimum absolute atomic E-state index is 0.109. The summed E-state index contributed by atoms with van der Waals surface area (Å²) in [6, 6.07) is 12.4. The van der Waals surface area contributed by atoms with Gasteiger partial charge in [-0.25, -0.2) is 9.07 Å². The Balaban J connectivity index is 1.93. The van der Waals surface area contributed by atoms with Gasteiger partial charge >= 0.3 is 5.97 Å². The third kappa shape index (κ3) is 6.67. The number of nitrogens with zero attached hydrogens (tertiary/aromatic N) is 4. The number of aromatic nitrogens is 2. The number of benzene rings is 2. The molecule has 0 atom stereocenters. The average molecular weight is 479 g/mol. The van der Waals surface area contributed by atoms with Gasteiger partial charge in [-0.15, -0.1) is 0 Å². The zero-order valence-electron chi connectivity index (χ0n) is 20.1. The van der Waals surface area contributed by atoms with E-state index in [-0.39, 0.29) is 35.5 Å². The molecule has 3 rings (SSSR count). The number of halogens is 1. The van der Waals surface area contributed by atoms with E-state index < -0.39 is 11.9 Å². The Hall–Kier alpha value is -4.19. The SMILES string of the molecule is CCOC(=O)CN(C(=O)c1cnn(-c2ccc(F)cc2)c1)c1ccc(OCC(C)(C)C)c(C#N)c1. The fraction of sp³-hybridized carbons (Fsp3) is 0.308. The van der Waals surface area contributed by atoms with E-state index in [1.54, 1.807) is 19.1 Å². The minimum atomic E-state index is -0.599. The topological polar surface area (TPSA) is 97.5 Å². The highest BCUT2D eigenvalue weighted by molar-refractivity contribution is 6.08. The lowest BCUT2D eigenvalue weighted by Gasteiger charge is -2.23. The Labute approximate surface area is 203 Å². The number of ether oxygens (including phenoxy) is 2. The maximum Gasteiger partial charge on any atom is 0.326 e. The molecule has 35 heavy (non-hydrogen) atoms. The molecule has 0 aliphatic rings. The summed E-state index contributed by atoms with van der Waals surface area (Å²) in [5.74, 6) is -1.11. The fourth-order valence-electron chi connectivity index (χ4n) is 3.13. The first-order valence-electron chi connectivity index (χ1n) is 11.1. The highest BCUT2D eigenvalue weighted by Crippen LogP contribution is 2.27. The van der Waals surface area contributed by atoms with Gasteiger partial charge in [0.25, 0.3) is 5.91 Å². The molecule has 0 unspecified atom stereocenters. The molecule has 3 aromatic rings. The van der Waals surface area contributed by atoms with E-state index in [0.29, 0.717) is 23.7 Å². The van der Waals surface area contributed by atoms with Crippen molar-refractivity contribution < 1.29 is 23.5 Å². The zero-order valence-corrected chi connectivity index (χ0v) is 20.1. The monoisotopic (exact) mass is 478 g/mol. The fourth-order valence-corrected chi connectivity index (χ4v) is 3.13. The molecule has 182 valence electrons. The van der Waals surface area contributed by atoms with E-state index in [9.17, 15) is 19.2 Å². The Morgan fingerprint density at radius 1 is 1.17 bits per heavy atom. The molecule has 0 aliphatic carbocycles. The number of amides is 1. The van der Waals surface area contributed by atoms with E-state index in [1.807, 2.05) is 20.8 Å². The number of anilines is 1. The summed E-state index contributed by atoms with van der Waals surface area (Å²) >= 11 is 0. The van der Waals surface area contributed by atoms with Crippen molar-refractivity contribution in [1.29, 1.82) is 5.26 Å². The summed E-state index contributed by atoms with van der Waals surface area (Å²) in [6.07, 6.45) is 2.84. The van der Waals surface area contributed by atoms with Gasteiger partial charge < -0.3 is 9.47 Å². The van der Waals surface area contributed by atoms with Gasteiger partial charge in [-0.1, -0.05) is 20.8 Å². The first-order chi connectivity index (χ1) is 16.6. The van der Waals surface area contributed by atoms with Crippen LogP contribution in [0.1, 0.15) is 43.6 Å². The van der Waals surface area contributed by atoms with Crippen LogP contribution in [0.15, 0.2) is 54.9 Å². The number of carbonyl (C=O) groups excluding carboxylic acids is 2. The van der Waals surface area contributed by atoms with Crippen LogP contribution in [-0.4, -0.2) is 41.4 Å². The van der Waals surface area contributed by atoms with E-state index >= 15 is 0 Å². The van der Waals surface area contributed by atoms with E-state index in [4.69, 9.17) is 9.47 Å². The van der Waals surface area contributed by atoms with Gasteiger partial charge in [-0.05, 0) is 54.8 Å². The molecule has 0 fully saturated rings. The second-order valence-electron chi connectivity index (χ2n) is 8.99. The van der Waals surface area contributed by atoms with Crippen LogP contribution < -0.4 is 9.64 Å². The molecule has 0 aliphatic heterocycles. The summed E-state index contributed by atoms with van der Waals surface area (Å²) in [5, 5.41) is 13.8. The predicted molar refractivity (Wildman–Crippen MR) is 128 cm³/mol. The van der Waals surface area contributed by atoms with Gasteiger partial charge in [0.05, 0.1) is 36.2 Å². The van der Waals surface area contributed by atoms with Crippen molar-refractivity contribution in [2.24, 2.45) is 5.41 Å². The third-order valence-corrected chi connectivity index (χ3v) is 4.81. The molecular formula is C26H27FN4O4. The minimum Gasteiger partial charge on any atom is -0.492 e. The van der Waals surface area contributed by atoms with Crippen LogP contribution in [0.3, 0.4) is 0 Å².